The zero-order valence-electron chi connectivity index (χ0n) is 17.3. The third-order valence-corrected chi connectivity index (χ3v) is 6.45. The van der Waals surface area contributed by atoms with Crippen molar-refractivity contribution in [1.82, 2.24) is 10.3 Å². The highest BCUT2D eigenvalue weighted by Gasteiger charge is 2.21. The number of pyridine rings is 1. The number of amides is 1. The number of thiophene rings is 1. The summed E-state index contributed by atoms with van der Waals surface area (Å²) in [5.41, 5.74) is 12.0. The minimum absolute atomic E-state index is 0.186. The van der Waals surface area contributed by atoms with Gasteiger partial charge in [0.2, 0.25) is 0 Å². The van der Waals surface area contributed by atoms with Crippen LogP contribution in [0.25, 0.3) is 32.6 Å². The van der Waals surface area contributed by atoms with E-state index in [2.05, 4.69) is 23.5 Å². The number of aromatic nitrogens is 1. The summed E-state index contributed by atoms with van der Waals surface area (Å²) in [6, 6.07) is 32.0. The molecule has 156 valence electrons. The molecule has 0 saturated carbocycles. The summed E-state index contributed by atoms with van der Waals surface area (Å²) in [5.74, 6) is -0.186. The Hall–Kier alpha value is -3.96. The van der Waals surface area contributed by atoms with Crippen LogP contribution in [0.1, 0.15) is 15.2 Å². The largest absolute Gasteiger partial charge is 0.397 e. The van der Waals surface area contributed by atoms with Gasteiger partial charge in [-0.3, -0.25) is 4.79 Å². The number of nitrogens with zero attached hydrogens (tertiary/aromatic N) is 1. The Morgan fingerprint density at radius 3 is 2.09 bits per heavy atom. The molecule has 0 aliphatic carbocycles. The summed E-state index contributed by atoms with van der Waals surface area (Å²) in [6.45, 7) is 0.446. The van der Waals surface area contributed by atoms with Crippen LogP contribution in [-0.2, 0) is 6.54 Å². The van der Waals surface area contributed by atoms with Gasteiger partial charge in [-0.2, -0.15) is 0 Å². The van der Waals surface area contributed by atoms with Crippen LogP contribution in [0.3, 0.4) is 0 Å². The molecule has 2 heterocycles. The lowest BCUT2D eigenvalue weighted by Crippen LogP contribution is -2.22. The van der Waals surface area contributed by atoms with Crippen molar-refractivity contribution in [3.8, 4) is 22.4 Å². The molecule has 0 fully saturated rings. The van der Waals surface area contributed by atoms with Gasteiger partial charge in [-0.25, -0.2) is 4.98 Å². The van der Waals surface area contributed by atoms with E-state index >= 15 is 0 Å². The summed E-state index contributed by atoms with van der Waals surface area (Å²) in [6.07, 6.45) is 0. The van der Waals surface area contributed by atoms with E-state index in [4.69, 9.17) is 10.7 Å². The number of nitrogens with two attached hydrogens (primary N) is 1. The minimum atomic E-state index is -0.186. The number of hydrogen-bond donors (Lipinski definition) is 2. The third kappa shape index (κ3) is 3.86. The Kier molecular flexibility index (Phi) is 5.40. The van der Waals surface area contributed by atoms with E-state index in [1.165, 1.54) is 11.3 Å². The Morgan fingerprint density at radius 1 is 0.844 bits per heavy atom. The Balaban J connectivity index is 1.61. The molecule has 1 amide bonds. The number of carbonyl (C=O) groups excluding carboxylic acids is 1. The van der Waals surface area contributed by atoms with Crippen molar-refractivity contribution in [2.45, 2.75) is 6.54 Å². The van der Waals surface area contributed by atoms with Crippen LogP contribution in [0.2, 0.25) is 0 Å². The van der Waals surface area contributed by atoms with E-state index in [9.17, 15) is 4.79 Å². The maximum Gasteiger partial charge on any atom is 0.263 e. The van der Waals surface area contributed by atoms with Crippen molar-refractivity contribution >= 4 is 33.1 Å². The fraction of sp³-hybridized carbons (Fsp3) is 0.0370. The van der Waals surface area contributed by atoms with Crippen molar-refractivity contribution in [3.05, 3.63) is 108 Å². The number of nitrogen functional groups attached to an aromatic ring is 1. The van der Waals surface area contributed by atoms with Gasteiger partial charge in [-0.1, -0.05) is 91.0 Å². The molecule has 5 aromatic rings. The second-order valence-electron chi connectivity index (χ2n) is 7.48. The summed E-state index contributed by atoms with van der Waals surface area (Å²) in [4.78, 5) is 19.1. The highest BCUT2D eigenvalue weighted by molar-refractivity contribution is 7.21. The lowest BCUT2D eigenvalue weighted by Gasteiger charge is -2.09. The van der Waals surface area contributed by atoms with Crippen LogP contribution < -0.4 is 11.1 Å². The Bertz CT molecular complexity index is 1380. The molecule has 0 unspecified atom stereocenters. The van der Waals surface area contributed by atoms with Crippen LogP contribution in [-0.4, -0.2) is 10.9 Å². The Morgan fingerprint density at radius 2 is 1.44 bits per heavy atom. The highest BCUT2D eigenvalue weighted by atomic mass is 32.1. The van der Waals surface area contributed by atoms with Crippen LogP contribution in [0.4, 0.5) is 5.69 Å². The fourth-order valence-corrected chi connectivity index (χ4v) is 4.79. The minimum Gasteiger partial charge on any atom is -0.397 e. The number of fused-ring (bicyclic) bond motifs is 1. The van der Waals surface area contributed by atoms with Crippen LogP contribution in [0.5, 0.6) is 0 Å². The molecule has 5 rings (SSSR count). The first-order valence-electron chi connectivity index (χ1n) is 10.4. The zero-order valence-corrected chi connectivity index (χ0v) is 18.1. The average molecular weight is 436 g/mol. The molecule has 0 spiro atoms. The number of anilines is 1. The molecule has 3 aromatic carbocycles. The van der Waals surface area contributed by atoms with Crippen molar-refractivity contribution < 1.29 is 4.79 Å². The SMILES string of the molecule is Nc1c(C(=O)NCc2ccccc2)sc2nc(-c3ccccc3)cc(-c3ccccc3)c12. The number of benzene rings is 3. The Labute approximate surface area is 190 Å². The molecular formula is C27H21N3OS. The molecule has 0 radical (unpaired) electrons. The van der Waals surface area contributed by atoms with E-state index in [1.807, 2.05) is 78.9 Å². The zero-order chi connectivity index (χ0) is 21.9. The van der Waals surface area contributed by atoms with Gasteiger partial charge in [0.1, 0.15) is 9.71 Å². The van der Waals surface area contributed by atoms with Crippen molar-refractivity contribution in [1.29, 1.82) is 0 Å². The predicted octanol–water partition coefficient (Wildman–Crippen LogP) is 6.14. The van der Waals surface area contributed by atoms with E-state index in [0.29, 0.717) is 17.1 Å². The second kappa shape index (κ2) is 8.65. The average Bonchev–Trinajstić information content (AvgIpc) is 3.20. The topological polar surface area (TPSA) is 68.0 Å². The lowest BCUT2D eigenvalue weighted by atomic mass is 9.99. The molecule has 0 aliphatic rings. The molecule has 0 saturated heterocycles. The van der Waals surface area contributed by atoms with Crippen LogP contribution in [0, 0.1) is 0 Å². The standard InChI is InChI=1S/C27H21N3OS/c28-24-23-21(19-12-6-2-7-13-19)16-22(20-14-8-3-9-15-20)30-27(23)32-25(24)26(31)29-17-18-10-4-1-5-11-18/h1-16H,17,28H2,(H,29,31). The first kappa shape index (κ1) is 20.0. The molecule has 0 bridgehead atoms. The van der Waals surface area contributed by atoms with Crippen LogP contribution >= 0.6 is 11.3 Å². The van der Waals surface area contributed by atoms with Gasteiger partial charge in [0.15, 0.2) is 0 Å². The van der Waals surface area contributed by atoms with Crippen molar-refractivity contribution in [3.63, 3.8) is 0 Å². The molecule has 0 aliphatic heterocycles. The van der Waals surface area contributed by atoms with Gasteiger partial charge in [-0.15, -0.1) is 11.3 Å². The quantitative estimate of drug-likeness (QED) is 0.348. The first-order chi connectivity index (χ1) is 15.7. The lowest BCUT2D eigenvalue weighted by molar-refractivity contribution is 0.0956. The maximum absolute atomic E-state index is 13.0. The molecule has 3 N–H and O–H groups in total. The first-order valence-corrected chi connectivity index (χ1v) is 11.2. The third-order valence-electron chi connectivity index (χ3n) is 5.36. The predicted molar refractivity (Wildman–Crippen MR) is 133 cm³/mol. The highest BCUT2D eigenvalue weighted by Crippen LogP contribution is 2.41. The molecule has 2 aromatic heterocycles. The maximum atomic E-state index is 13.0. The van der Waals surface area contributed by atoms with E-state index in [1.54, 1.807) is 0 Å². The van der Waals surface area contributed by atoms with Gasteiger partial charge >= 0.3 is 0 Å². The molecule has 5 heteroatoms. The summed E-state index contributed by atoms with van der Waals surface area (Å²) >= 11 is 1.34. The second-order valence-corrected chi connectivity index (χ2v) is 8.48. The normalized spacial score (nSPS) is 10.9. The van der Waals surface area contributed by atoms with E-state index in [-0.39, 0.29) is 5.91 Å². The number of rotatable bonds is 5. The molecule has 0 atom stereocenters. The van der Waals surface area contributed by atoms with E-state index in [0.717, 1.165) is 38.2 Å². The molecule has 32 heavy (non-hydrogen) atoms. The van der Waals surface area contributed by atoms with Crippen molar-refractivity contribution in [2.24, 2.45) is 0 Å². The molecule has 4 nitrogen and oxygen atoms in total. The monoisotopic (exact) mass is 435 g/mol. The van der Waals surface area contributed by atoms with Gasteiger partial charge < -0.3 is 11.1 Å². The van der Waals surface area contributed by atoms with Gasteiger partial charge in [-0.05, 0) is 22.8 Å². The summed E-state index contributed by atoms with van der Waals surface area (Å²) in [5, 5.41) is 3.81. The fourth-order valence-electron chi connectivity index (χ4n) is 3.75. The summed E-state index contributed by atoms with van der Waals surface area (Å²) in [7, 11) is 0. The van der Waals surface area contributed by atoms with Crippen LogP contribution in [0.15, 0.2) is 97.1 Å². The smallest absolute Gasteiger partial charge is 0.263 e. The number of nitrogens with one attached hydrogen (secondary N) is 1. The van der Waals surface area contributed by atoms with Gasteiger partial charge in [0.25, 0.3) is 5.91 Å². The number of carbonyl (C=O) groups is 1. The number of hydrogen-bond acceptors (Lipinski definition) is 4. The van der Waals surface area contributed by atoms with Gasteiger partial charge in [0, 0.05) is 17.5 Å². The van der Waals surface area contributed by atoms with Gasteiger partial charge in [0.05, 0.1) is 11.4 Å². The summed E-state index contributed by atoms with van der Waals surface area (Å²) < 4.78 is 0. The molecular weight excluding hydrogens is 414 g/mol. The van der Waals surface area contributed by atoms with Crippen molar-refractivity contribution in [2.75, 3.05) is 5.73 Å². The van der Waals surface area contributed by atoms with E-state index < -0.39 is 0 Å².